The average Bonchev–Trinajstić information content (AvgIpc) is 3.52. The van der Waals surface area contributed by atoms with Crippen LogP contribution in [-0.4, -0.2) is 61.1 Å². The molecule has 6 aromatic carbocycles. The monoisotopic (exact) mass is 762 g/mol. The molecule has 2 N–H and O–H groups in total. The molecule has 0 fully saturated rings. The minimum absolute atomic E-state index is 0.224. The van der Waals surface area contributed by atoms with Gasteiger partial charge in [-0.05, 0) is 72.2 Å². The van der Waals surface area contributed by atoms with Crippen LogP contribution in [0.2, 0.25) is 0 Å². The highest BCUT2D eigenvalue weighted by atomic mass is 16.5. The highest BCUT2D eigenvalue weighted by Gasteiger charge is 2.49. The van der Waals surface area contributed by atoms with Crippen molar-refractivity contribution in [2.24, 2.45) is 0 Å². The average molecular weight is 763 g/mol. The molecule has 0 radical (unpaired) electrons. The summed E-state index contributed by atoms with van der Waals surface area (Å²) in [4.78, 5) is 0. The second-order valence-electron chi connectivity index (χ2n) is 15.4. The van der Waals surface area contributed by atoms with Crippen LogP contribution in [0.5, 0.6) is 11.5 Å². The van der Waals surface area contributed by atoms with Gasteiger partial charge in [0.25, 0.3) is 0 Å². The lowest BCUT2D eigenvalue weighted by atomic mass is 9.66. The predicted molar refractivity (Wildman–Crippen MR) is 227 cm³/mol. The van der Waals surface area contributed by atoms with Crippen LogP contribution in [0.15, 0.2) is 146 Å². The molecule has 0 spiro atoms. The third kappa shape index (κ3) is 8.85. The van der Waals surface area contributed by atoms with Crippen molar-refractivity contribution in [3.05, 3.63) is 190 Å². The third-order valence-corrected chi connectivity index (χ3v) is 10.6. The first kappa shape index (κ1) is 40.0. The smallest absolute Gasteiger partial charge is 0.127 e. The molecule has 0 heterocycles. The normalized spacial score (nSPS) is 14.9. The first-order chi connectivity index (χ1) is 27.8. The van der Waals surface area contributed by atoms with Gasteiger partial charge in [-0.1, -0.05) is 146 Å². The number of ether oxygens (including phenoxy) is 4. The van der Waals surface area contributed by atoms with Gasteiger partial charge in [0, 0.05) is 24.0 Å². The Balaban J connectivity index is 1.49. The molecule has 7 rings (SSSR count). The summed E-state index contributed by atoms with van der Waals surface area (Å²) >= 11 is 0. The van der Waals surface area contributed by atoms with E-state index < -0.39 is 17.6 Å². The number of aliphatic hydroxyl groups excluding tert-OH is 2. The molecule has 0 amide bonds. The fourth-order valence-corrected chi connectivity index (χ4v) is 8.08. The molecule has 0 aliphatic heterocycles. The Bertz CT molecular complexity index is 2050. The Morgan fingerprint density at radius 2 is 0.789 bits per heavy atom. The van der Waals surface area contributed by atoms with Gasteiger partial charge in [0.15, 0.2) is 0 Å². The summed E-state index contributed by atoms with van der Waals surface area (Å²) in [6, 6.07) is 51.5. The van der Waals surface area contributed by atoms with E-state index in [1.54, 1.807) is 13.8 Å². The van der Waals surface area contributed by atoms with Crippen LogP contribution in [0, 0.1) is 0 Å². The first-order valence-corrected chi connectivity index (χ1v) is 20.1. The molecule has 0 bridgehead atoms. The van der Waals surface area contributed by atoms with E-state index in [1.807, 2.05) is 26.0 Å². The van der Waals surface area contributed by atoms with Crippen LogP contribution in [0.1, 0.15) is 72.2 Å². The summed E-state index contributed by atoms with van der Waals surface area (Å²) in [5, 5.41) is 20.0. The van der Waals surface area contributed by atoms with E-state index in [2.05, 4.69) is 133 Å². The molecule has 0 saturated heterocycles. The lowest BCUT2D eigenvalue weighted by molar-refractivity contribution is -0.0137. The predicted octanol–water partition coefficient (Wildman–Crippen LogP) is 9.56. The maximum Gasteiger partial charge on any atom is 0.127 e. The second-order valence-corrected chi connectivity index (χ2v) is 15.4. The highest BCUT2D eigenvalue weighted by molar-refractivity contribution is 5.88. The molecular weight excluding hydrogens is 709 g/mol. The number of para-hydroxylation sites is 2. The zero-order chi connectivity index (χ0) is 39.8. The quantitative estimate of drug-likeness (QED) is 0.0908. The van der Waals surface area contributed by atoms with Crippen LogP contribution < -0.4 is 9.47 Å². The largest absolute Gasteiger partial charge is 0.490 e. The zero-order valence-corrected chi connectivity index (χ0v) is 33.4. The van der Waals surface area contributed by atoms with Crippen LogP contribution in [0.25, 0.3) is 11.1 Å². The molecule has 294 valence electrons. The minimum atomic E-state index is -0.856. The van der Waals surface area contributed by atoms with Crippen LogP contribution >= 0.6 is 0 Å². The van der Waals surface area contributed by atoms with Crippen LogP contribution in [0.4, 0.5) is 0 Å². The fourth-order valence-electron chi connectivity index (χ4n) is 8.08. The summed E-state index contributed by atoms with van der Waals surface area (Å²) in [7, 11) is 0. The fraction of sp³-hybridized carbons (Fsp3) is 0.294. The standard InChI is InChI=1S/C51H54O6/c1-35(52)31-54-37(3)33-56-49-41(29-39-17-7-5-8-18-39)21-15-27-47(49)51(45-25-13-11-23-43(45)44-24-12-14-26-46(44)51)48-28-16-22-42(30-40-19-9-6-10-20-40)50(48)57-34-38(4)55-32-36(2)53/h5-28,35-38,52-53H,29-34H2,1-4H3. The molecule has 1 aliphatic carbocycles. The van der Waals surface area contributed by atoms with E-state index in [4.69, 9.17) is 18.9 Å². The van der Waals surface area contributed by atoms with Crippen molar-refractivity contribution < 1.29 is 29.2 Å². The molecule has 6 aromatic rings. The number of fused-ring (bicyclic) bond motifs is 3. The highest BCUT2D eigenvalue weighted by Crippen LogP contribution is 2.60. The van der Waals surface area contributed by atoms with Gasteiger partial charge in [-0.2, -0.15) is 0 Å². The molecule has 4 unspecified atom stereocenters. The summed E-state index contributed by atoms with van der Waals surface area (Å²) in [5.74, 6) is 1.60. The Kier molecular flexibility index (Phi) is 12.9. The summed E-state index contributed by atoms with van der Waals surface area (Å²) < 4.78 is 26.2. The van der Waals surface area contributed by atoms with Crippen molar-refractivity contribution in [1.29, 1.82) is 0 Å². The number of hydrogen-bond acceptors (Lipinski definition) is 6. The van der Waals surface area contributed by atoms with Crippen molar-refractivity contribution >= 4 is 0 Å². The Morgan fingerprint density at radius 1 is 0.421 bits per heavy atom. The zero-order valence-electron chi connectivity index (χ0n) is 33.4. The molecule has 6 heteroatoms. The summed E-state index contributed by atoms with van der Waals surface area (Å²) in [6.45, 7) is 8.45. The first-order valence-electron chi connectivity index (χ1n) is 20.1. The molecule has 57 heavy (non-hydrogen) atoms. The van der Waals surface area contributed by atoms with Gasteiger partial charge < -0.3 is 29.2 Å². The number of aliphatic hydroxyl groups is 2. The number of benzene rings is 6. The van der Waals surface area contributed by atoms with Crippen LogP contribution in [0.3, 0.4) is 0 Å². The molecule has 6 nitrogen and oxygen atoms in total. The van der Waals surface area contributed by atoms with Crippen molar-refractivity contribution in [2.75, 3.05) is 26.4 Å². The van der Waals surface area contributed by atoms with Gasteiger partial charge in [0.1, 0.15) is 24.7 Å². The summed E-state index contributed by atoms with van der Waals surface area (Å²) in [6.07, 6.45) is -0.362. The molecule has 1 aliphatic rings. The van der Waals surface area contributed by atoms with Crippen LogP contribution in [-0.2, 0) is 27.7 Å². The van der Waals surface area contributed by atoms with Gasteiger partial charge in [-0.3, -0.25) is 0 Å². The van der Waals surface area contributed by atoms with E-state index >= 15 is 0 Å². The van der Waals surface area contributed by atoms with E-state index in [1.165, 1.54) is 11.1 Å². The van der Waals surface area contributed by atoms with Crippen molar-refractivity contribution in [3.8, 4) is 22.6 Å². The minimum Gasteiger partial charge on any atom is -0.490 e. The van der Waals surface area contributed by atoms with E-state index in [0.717, 1.165) is 56.0 Å². The van der Waals surface area contributed by atoms with Crippen molar-refractivity contribution in [1.82, 2.24) is 0 Å². The lowest BCUT2D eigenvalue weighted by Gasteiger charge is -2.37. The SMILES string of the molecule is CC(O)COC(C)COc1c(Cc2ccccc2)cccc1C1(c2cccc(Cc3ccccc3)c2OCC(C)OCC(C)O)c2ccccc2-c2ccccc21. The third-order valence-electron chi connectivity index (χ3n) is 10.6. The van der Waals surface area contributed by atoms with Crippen molar-refractivity contribution in [2.45, 2.75) is 70.4 Å². The maximum absolute atomic E-state index is 10.0. The van der Waals surface area contributed by atoms with E-state index in [9.17, 15) is 10.2 Å². The molecule has 0 aromatic heterocycles. The van der Waals surface area contributed by atoms with Gasteiger partial charge >= 0.3 is 0 Å². The van der Waals surface area contributed by atoms with E-state index in [-0.39, 0.29) is 25.4 Å². The Morgan fingerprint density at radius 3 is 1.19 bits per heavy atom. The molecule has 0 saturated carbocycles. The Labute approximate surface area is 337 Å². The van der Waals surface area contributed by atoms with Gasteiger partial charge in [0.05, 0.1) is 43.0 Å². The number of hydrogen-bond donors (Lipinski definition) is 2. The maximum atomic E-state index is 10.0. The van der Waals surface area contributed by atoms with Gasteiger partial charge in [0.2, 0.25) is 0 Å². The van der Waals surface area contributed by atoms with Crippen molar-refractivity contribution in [3.63, 3.8) is 0 Å². The number of rotatable bonds is 18. The molecular formula is C51H54O6. The summed E-state index contributed by atoms with van der Waals surface area (Å²) in [5.41, 5.74) is 10.3. The van der Waals surface area contributed by atoms with Gasteiger partial charge in [-0.15, -0.1) is 0 Å². The molecule has 4 atom stereocenters. The van der Waals surface area contributed by atoms with Gasteiger partial charge in [-0.25, -0.2) is 0 Å². The second kappa shape index (κ2) is 18.4. The Hall–Kier alpha value is -5.24. The van der Waals surface area contributed by atoms with E-state index in [0.29, 0.717) is 26.1 Å². The lowest BCUT2D eigenvalue weighted by Crippen LogP contribution is -2.32. The topological polar surface area (TPSA) is 77.4 Å².